The third-order valence-corrected chi connectivity index (χ3v) is 5.57. The van der Waals surface area contributed by atoms with Gasteiger partial charge in [-0.25, -0.2) is 0 Å². The first kappa shape index (κ1) is 17.0. The first-order chi connectivity index (χ1) is 11.7. The number of carbonyl (C=O) groups excluding carboxylic acids is 1. The molecule has 2 aliphatic rings. The van der Waals surface area contributed by atoms with Gasteiger partial charge in [0.2, 0.25) is 5.91 Å². The molecule has 2 atom stereocenters. The van der Waals surface area contributed by atoms with Crippen molar-refractivity contribution in [2.45, 2.75) is 46.0 Å². The molecule has 0 aromatic heterocycles. The van der Waals surface area contributed by atoms with Crippen molar-refractivity contribution in [3.63, 3.8) is 0 Å². The Balaban J connectivity index is 1.54. The number of rotatable bonds is 6. The number of nitrogens with zero attached hydrogens (tertiary/aromatic N) is 1. The van der Waals surface area contributed by atoms with E-state index in [4.69, 9.17) is 0 Å². The molecule has 0 radical (unpaired) electrons. The van der Waals surface area contributed by atoms with Crippen molar-refractivity contribution in [2.75, 3.05) is 13.1 Å². The molecule has 2 heteroatoms. The molecule has 128 valence electrons. The van der Waals surface area contributed by atoms with Crippen LogP contribution in [0.3, 0.4) is 0 Å². The van der Waals surface area contributed by atoms with Crippen LogP contribution in [-0.2, 0) is 11.2 Å². The highest BCUT2D eigenvalue weighted by Crippen LogP contribution is 2.35. The van der Waals surface area contributed by atoms with E-state index in [1.807, 2.05) is 6.07 Å². The highest BCUT2D eigenvalue weighted by Gasteiger charge is 2.33. The number of allylic oxidation sites excluding steroid dienone is 4. The van der Waals surface area contributed by atoms with Crippen LogP contribution in [0.15, 0.2) is 53.6 Å². The predicted octanol–water partition coefficient (Wildman–Crippen LogP) is 4.77. The molecule has 1 fully saturated rings. The predicted molar refractivity (Wildman–Crippen MR) is 99.7 cm³/mol. The number of likely N-dealkylation sites (tertiary alicyclic amines) is 1. The van der Waals surface area contributed by atoms with Crippen LogP contribution in [0.5, 0.6) is 0 Å². The Morgan fingerprint density at radius 3 is 2.67 bits per heavy atom. The van der Waals surface area contributed by atoms with E-state index in [-0.39, 0.29) is 5.92 Å². The van der Waals surface area contributed by atoms with E-state index < -0.39 is 0 Å². The molecule has 1 aliphatic carbocycles. The molecule has 0 saturated carbocycles. The summed E-state index contributed by atoms with van der Waals surface area (Å²) in [6.07, 6.45) is 9.80. The molecule has 2 nitrogen and oxygen atoms in total. The molecule has 1 aliphatic heterocycles. The summed E-state index contributed by atoms with van der Waals surface area (Å²) < 4.78 is 0. The largest absolute Gasteiger partial charge is 0.342 e. The fourth-order valence-electron chi connectivity index (χ4n) is 4.11. The Bertz CT molecular complexity index is 629. The van der Waals surface area contributed by atoms with Crippen molar-refractivity contribution < 1.29 is 4.79 Å². The minimum absolute atomic E-state index is 0.228. The quantitative estimate of drug-likeness (QED) is 0.738. The van der Waals surface area contributed by atoms with Crippen LogP contribution in [0.25, 0.3) is 0 Å². The smallest absolute Gasteiger partial charge is 0.225 e. The fraction of sp³-hybridized carbons (Fsp3) is 0.500. The second-order valence-corrected chi connectivity index (χ2v) is 7.29. The lowest BCUT2D eigenvalue weighted by Crippen LogP contribution is -2.30. The van der Waals surface area contributed by atoms with Crippen molar-refractivity contribution >= 4 is 5.91 Å². The van der Waals surface area contributed by atoms with Crippen molar-refractivity contribution in [1.29, 1.82) is 0 Å². The van der Waals surface area contributed by atoms with E-state index in [2.05, 4.69) is 55.2 Å². The highest BCUT2D eigenvalue weighted by atomic mass is 16.2. The standard InChI is InChI=1S/C22H29NO/c1-3-19-10-9-17(2)15-21(19)16-20-12-14-23(22(20)24)13-11-18-7-5-4-6-8-18/h4-10,20-21H,3,11-16H2,1-2H3. The number of carbonyl (C=O) groups is 1. The van der Waals surface area contributed by atoms with Crippen LogP contribution in [0.1, 0.15) is 45.1 Å². The topological polar surface area (TPSA) is 20.3 Å². The van der Waals surface area contributed by atoms with Crippen LogP contribution in [0.2, 0.25) is 0 Å². The monoisotopic (exact) mass is 323 g/mol. The molecular weight excluding hydrogens is 294 g/mol. The van der Waals surface area contributed by atoms with Gasteiger partial charge in [0, 0.05) is 19.0 Å². The molecule has 0 bridgehead atoms. The third-order valence-electron chi connectivity index (χ3n) is 5.57. The number of amides is 1. The Kier molecular flexibility index (Phi) is 5.55. The van der Waals surface area contributed by atoms with E-state index in [1.165, 1.54) is 16.7 Å². The highest BCUT2D eigenvalue weighted by molar-refractivity contribution is 5.80. The van der Waals surface area contributed by atoms with Gasteiger partial charge in [-0.1, -0.05) is 60.6 Å². The van der Waals surface area contributed by atoms with Crippen molar-refractivity contribution in [3.05, 3.63) is 59.2 Å². The molecule has 1 heterocycles. The van der Waals surface area contributed by atoms with Crippen molar-refractivity contribution in [2.24, 2.45) is 11.8 Å². The minimum atomic E-state index is 0.228. The minimum Gasteiger partial charge on any atom is -0.342 e. The summed E-state index contributed by atoms with van der Waals surface area (Å²) in [5.41, 5.74) is 4.29. The van der Waals surface area contributed by atoms with Gasteiger partial charge < -0.3 is 4.90 Å². The van der Waals surface area contributed by atoms with E-state index in [1.54, 1.807) is 0 Å². The number of benzene rings is 1. The Morgan fingerprint density at radius 2 is 1.92 bits per heavy atom. The summed E-state index contributed by atoms with van der Waals surface area (Å²) in [5, 5.41) is 0. The molecule has 0 spiro atoms. The van der Waals surface area contributed by atoms with Crippen LogP contribution < -0.4 is 0 Å². The third kappa shape index (κ3) is 3.98. The van der Waals surface area contributed by atoms with Crippen LogP contribution in [0, 0.1) is 11.8 Å². The SMILES string of the molecule is CCC1=CC=C(C)CC1CC1CCN(CCc2ccccc2)C1=O. The Hall–Kier alpha value is -1.83. The zero-order valence-electron chi connectivity index (χ0n) is 15.0. The van der Waals surface area contributed by atoms with E-state index in [0.717, 1.165) is 45.2 Å². The maximum absolute atomic E-state index is 12.8. The van der Waals surface area contributed by atoms with E-state index >= 15 is 0 Å². The lowest BCUT2D eigenvalue weighted by Gasteiger charge is -2.25. The molecule has 0 N–H and O–H groups in total. The van der Waals surface area contributed by atoms with Gasteiger partial charge in [-0.3, -0.25) is 4.79 Å². The van der Waals surface area contributed by atoms with Gasteiger partial charge in [0.1, 0.15) is 0 Å². The number of hydrogen-bond donors (Lipinski definition) is 0. The molecule has 1 saturated heterocycles. The van der Waals surface area contributed by atoms with Gasteiger partial charge >= 0.3 is 0 Å². The molecular formula is C22H29NO. The zero-order chi connectivity index (χ0) is 16.9. The first-order valence-corrected chi connectivity index (χ1v) is 9.36. The number of hydrogen-bond acceptors (Lipinski definition) is 1. The Labute approximate surface area is 146 Å². The van der Waals surface area contributed by atoms with Crippen molar-refractivity contribution in [1.82, 2.24) is 4.90 Å². The van der Waals surface area contributed by atoms with Crippen LogP contribution in [-0.4, -0.2) is 23.9 Å². The van der Waals surface area contributed by atoms with Gasteiger partial charge in [-0.2, -0.15) is 0 Å². The lowest BCUT2D eigenvalue weighted by molar-refractivity contribution is -0.131. The van der Waals surface area contributed by atoms with E-state index in [9.17, 15) is 4.79 Å². The second kappa shape index (κ2) is 7.83. The molecule has 1 amide bonds. The molecule has 2 unspecified atom stereocenters. The van der Waals surface area contributed by atoms with Gasteiger partial charge in [0.05, 0.1) is 0 Å². The normalized spacial score (nSPS) is 24.1. The van der Waals surface area contributed by atoms with Gasteiger partial charge in [-0.05, 0) is 50.5 Å². The van der Waals surface area contributed by atoms with E-state index in [0.29, 0.717) is 11.8 Å². The summed E-state index contributed by atoms with van der Waals surface area (Å²) >= 11 is 0. The van der Waals surface area contributed by atoms with Gasteiger partial charge in [0.25, 0.3) is 0 Å². The average Bonchev–Trinajstić information content (AvgIpc) is 2.94. The van der Waals surface area contributed by atoms with Gasteiger partial charge in [0.15, 0.2) is 0 Å². The maximum atomic E-state index is 12.8. The second-order valence-electron chi connectivity index (χ2n) is 7.29. The Morgan fingerprint density at radius 1 is 1.12 bits per heavy atom. The molecule has 1 aromatic carbocycles. The van der Waals surface area contributed by atoms with Crippen molar-refractivity contribution in [3.8, 4) is 0 Å². The summed E-state index contributed by atoms with van der Waals surface area (Å²) in [7, 11) is 0. The zero-order valence-corrected chi connectivity index (χ0v) is 15.0. The lowest BCUT2D eigenvalue weighted by atomic mass is 9.80. The molecule has 1 aromatic rings. The molecule has 24 heavy (non-hydrogen) atoms. The summed E-state index contributed by atoms with van der Waals surface area (Å²) in [6, 6.07) is 10.5. The summed E-state index contributed by atoms with van der Waals surface area (Å²) in [5.74, 6) is 1.18. The average molecular weight is 323 g/mol. The summed E-state index contributed by atoms with van der Waals surface area (Å²) in [4.78, 5) is 14.9. The first-order valence-electron chi connectivity index (χ1n) is 9.36. The fourth-order valence-corrected chi connectivity index (χ4v) is 4.11. The summed E-state index contributed by atoms with van der Waals surface area (Å²) in [6.45, 7) is 6.23. The maximum Gasteiger partial charge on any atom is 0.225 e. The molecule has 3 rings (SSSR count). The van der Waals surface area contributed by atoms with Crippen LogP contribution in [0.4, 0.5) is 0 Å². The van der Waals surface area contributed by atoms with Gasteiger partial charge in [-0.15, -0.1) is 0 Å². The van der Waals surface area contributed by atoms with Crippen LogP contribution >= 0.6 is 0 Å².